The van der Waals surface area contributed by atoms with Crippen LogP contribution in [0.5, 0.6) is 0 Å². The predicted octanol–water partition coefficient (Wildman–Crippen LogP) is 4.63. The van der Waals surface area contributed by atoms with E-state index in [0.717, 1.165) is 21.0 Å². The summed E-state index contributed by atoms with van der Waals surface area (Å²) < 4.78 is 40.6. The molecule has 0 aliphatic heterocycles. The highest BCUT2D eigenvalue weighted by atomic mass is 32.1. The van der Waals surface area contributed by atoms with Crippen molar-refractivity contribution in [3.8, 4) is 0 Å². The zero-order chi connectivity index (χ0) is 15.0. The van der Waals surface area contributed by atoms with Crippen molar-refractivity contribution in [3.05, 3.63) is 70.4 Å². The summed E-state index contributed by atoms with van der Waals surface area (Å²) >= 11 is 1.50. The highest BCUT2D eigenvalue weighted by Crippen LogP contribution is 2.33. The Morgan fingerprint density at radius 2 is 1.76 bits per heavy atom. The predicted molar refractivity (Wildman–Crippen MR) is 79.0 cm³/mol. The Bertz CT molecular complexity index is 797. The van der Waals surface area contributed by atoms with Gasteiger partial charge in [0.05, 0.1) is 6.04 Å². The van der Waals surface area contributed by atoms with E-state index in [0.29, 0.717) is 5.56 Å². The maximum absolute atomic E-state index is 13.4. The van der Waals surface area contributed by atoms with Crippen molar-refractivity contribution in [2.45, 2.75) is 6.04 Å². The molecule has 1 atom stereocenters. The molecule has 0 amide bonds. The van der Waals surface area contributed by atoms with Gasteiger partial charge in [0.1, 0.15) is 5.82 Å². The second kappa shape index (κ2) is 5.50. The Balaban J connectivity index is 2.06. The van der Waals surface area contributed by atoms with E-state index in [2.05, 4.69) is 5.32 Å². The summed E-state index contributed by atoms with van der Waals surface area (Å²) in [5.41, 5.74) is 0.628. The van der Waals surface area contributed by atoms with Crippen LogP contribution in [-0.4, -0.2) is 7.05 Å². The molecule has 3 aromatic rings. The average Bonchev–Trinajstić information content (AvgIpc) is 2.86. The van der Waals surface area contributed by atoms with Crippen LogP contribution in [0.25, 0.3) is 10.1 Å². The van der Waals surface area contributed by atoms with E-state index in [9.17, 15) is 13.2 Å². The summed E-state index contributed by atoms with van der Waals surface area (Å²) in [4.78, 5) is 0.920. The fraction of sp³-hybridized carbons (Fsp3) is 0.125. The van der Waals surface area contributed by atoms with Gasteiger partial charge in [0.25, 0.3) is 0 Å². The van der Waals surface area contributed by atoms with E-state index in [1.54, 1.807) is 19.2 Å². The third-order valence-corrected chi connectivity index (χ3v) is 4.53. The first-order valence-corrected chi connectivity index (χ1v) is 7.21. The monoisotopic (exact) mass is 307 g/mol. The average molecular weight is 307 g/mol. The molecule has 3 rings (SSSR count). The highest BCUT2D eigenvalue weighted by Gasteiger charge is 2.17. The lowest BCUT2D eigenvalue weighted by atomic mass is 10.0. The van der Waals surface area contributed by atoms with Crippen LogP contribution in [0.1, 0.15) is 16.5 Å². The van der Waals surface area contributed by atoms with Crippen LogP contribution in [0.15, 0.2) is 42.5 Å². The molecule has 0 saturated carbocycles. The van der Waals surface area contributed by atoms with Crippen molar-refractivity contribution in [2.75, 3.05) is 7.05 Å². The molecule has 1 aromatic heterocycles. The van der Waals surface area contributed by atoms with Crippen LogP contribution in [0.4, 0.5) is 13.2 Å². The Hall–Kier alpha value is -1.85. The van der Waals surface area contributed by atoms with Crippen molar-refractivity contribution >= 4 is 21.4 Å². The van der Waals surface area contributed by atoms with Crippen LogP contribution in [0.3, 0.4) is 0 Å². The molecule has 0 spiro atoms. The lowest BCUT2D eigenvalue weighted by Crippen LogP contribution is -2.16. The SMILES string of the molecule is CNC(c1ccc(F)c(F)c1)c1cc2cc(F)ccc2s1. The number of halogens is 3. The fourth-order valence-electron chi connectivity index (χ4n) is 2.34. The van der Waals surface area contributed by atoms with Crippen LogP contribution in [-0.2, 0) is 0 Å². The smallest absolute Gasteiger partial charge is 0.159 e. The van der Waals surface area contributed by atoms with Crippen molar-refractivity contribution in [2.24, 2.45) is 0 Å². The van der Waals surface area contributed by atoms with Crippen LogP contribution in [0.2, 0.25) is 0 Å². The van der Waals surface area contributed by atoms with Crippen molar-refractivity contribution < 1.29 is 13.2 Å². The molecule has 2 aromatic carbocycles. The van der Waals surface area contributed by atoms with E-state index in [-0.39, 0.29) is 11.9 Å². The maximum atomic E-state index is 13.4. The van der Waals surface area contributed by atoms with Gasteiger partial charge in [-0.1, -0.05) is 6.07 Å². The van der Waals surface area contributed by atoms with Gasteiger partial charge in [0, 0.05) is 9.58 Å². The van der Waals surface area contributed by atoms with E-state index in [1.165, 1.54) is 29.5 Å². The minimum Gasteiger partial charge on any atom is -0.309 e. The van der Waals surface area contributed by atoms with Gasteiger partial charge in [0.15, 0.2) is 11.6 Å². The van der Waals surface area contributed by atoms with E-state index in [4.69, 9.17) is 0 Å². The van der Waals surface area contributed by atoms with Gasteiger partial charge < -0.3 is 5.32 Å². The summed E-state index contributed by atoms with van der Waals surface area (Å²) in [7, 11) is 1.75. The second-order valence-electron chi connectivity index (χ2n) is 4.73. The first kappa shape index (κ1) is 14.1. The molecule has 0 radical (unpaired) electrons. The standard InChI is InChI=1S/C16H12F3NS/c1-20-16(9-2-4-12(18)13(19)7-9)15-8-10-6-11(17)3-5-14(10)21-15/h2-8,16,20H,1H3. The zero-order valence-electron chi connectivity index (χ0n) is 11.2. The number of rotatable bonds is 3. The fourth-order valence-corrected chi connectivity index (χ4v) is 3.53. The quantitative estimate of drug-likeness (QED) is 0.744. The number of fused-ring (bicyclic) bond motifs is 1. The largest absolute Gasteiger partial charge is 0.309 e. The van der Waals surface area contributed by atoms with Crippen molar-refractivity contribution in [3.63, 3.8) is 0 Å². The lowest BCUT2D eigenvalue weighted by molar-refractivity contribution is 0.505. The Labute approximate surface area is 124 Å². The molecule has 1 nitrogen and oxygen atoms in total. The first-order valence-electron chi connectivity index (χ1n) is 6.39. The zero-order valence-corrected chi connectivity index (χ0v) is 12.0. The molecule has 1 N–H and O–H groups in total. The molecule has 0 aliphatic carbocycles. The molecule has 108 valence electrons. The van der Waals surface area contributed by atoms with Crippen LogP contribution in [0, 0.1) is 17.5 Å². The maximum Gasteiger partial charge on any atom is 0.159 e. The number of hydrogen-bond acceptors (Lipinski definition) is 2. The highest BCUT2D eigenvalue weighted by molar-refractivity contribution is 7.19. The number of hydrogen-bond donors (Lipinski definition) is 1. The molecule has 1 unspecified atom stereocenters. The summed E-state index contributed by atoms with van der Waals surface area (Å²) in [6, 6.07) is 10.0. The summed E-state index contributed by atoms with van der Waals surface area (Å²) in [6.07, 6.45) is 0. The van der Waals surface area contributed by atoms with Gasteiger partial charge in [-0.25, -0.2) is 13.2 Å². The molecule has 0 saturated heterocycles. The van der Waals surface area contributed by atoms with Gasteiger partial charge in [-0.3, -0.25) is 0 Å². The topological polar surface area (TPSA) is 12.0 Å². The second-order valence-corrected chi connectivity index (χ2v) is 5.84. The molecule has 0 fully saturated rings. The van der Waals surface area contributed by atoms with Crippen LogP contribution >= 0.6 is 11.3 Å². The summed E-state index contributed by atoms with van der Waals surface area (Å²) in [5.74, 6) is -2.03. The van der Waals surface area contributed by atoms with Gasteiger partial charge in [-0.15, -0.1) is 11.3 Å². The Morgan fingerprint density at radius 3 is 2.48 bits per heavy atom. The first-order chi connectivity index (χ1) is 10.1. The van der Waals surface area contributed by atoms with Gasteiger partial charge in [0.2, 0.25) is 0 Å². The third kappa shape index (κ3) is 2.66. The molecule has 0 aliphatic rings. The van der Waals surface area contributed by atoms with Gasteiger partial charge >= 0.3 is 0 Å². The molecule has 1 heterocycles. The van der Waals surface area contributed by atoms with E-state index >= 15 is 0 Å². The normalized spacial score (nSPS) is 12.8. The van der Waals surface area contributed by atoms with Crippen LogP contribution < -0.4 is 5.32 Å². The Kier molecular flexibility index (Phi) is 3.69. The minimum atomic E-state index is -0.875. The third-order valence-electron chi connectivity index (χ3n) is 3.35. The molecular weight excluding hydrogens is 295 g/mol. The van der Waals surface area contributed by atoms with E-state index in [1.807, 2.05) is 6.07 Å². The van der Waals surface area contributed by atoms with Crippen molar-refractivity contribution in [1.82, 2.24) is 5.32 Å². The number of thiophene rings is 1. The number of nitrogens with one attached hydrogen (secondary N) is 1. The molecule has 5 heteroatoms. The van der Waals surface area contributed by atoms with E-state index < -0.39 is 11.6 Å². The Morgan fingerprint density at radius 1 is 0.952 bits per heavy atom. The summed E-state index contributed by atoms with van der Waals surface area (Å²) in [6.45, 7) is 0. The summed E-state index contributed by atoms with van der Waals surface area (Å²) in [5, 5.41) is 3.89. The van der Waals surface area contributed by atoms with Crippen molar-refractivity contribution in [1.29, 1.82) is 0 Å². The lowest BCUT2D eigenvalue weighted by Gasteiger charge is -2.15. The van der Waals surface area contributed by atoms with Gasteiger partial charge in [-0.05, 0) is 54.4 Å². The number of benzene rings is 2. The van der Waals surface area contributed by atoms with Gasteiger partial charge in [-0.2, -0.15) is 0 Å². The molecular formula is C16H12F3NS. The molecule has 0 bridgehead atoms. The molecule has 21 heavy (non-hydrogen) atoms. The minimum absolute atomic E-state index is 0.263.